The van der Waals surface area contributed by atoms with Crippen molar-refractivity contribution in [3.8, 4) is 0 Å². The molecule has 0 aliphatic heterocycles. The first-order chi connectivity index (χ1) is 8.06. The van der Waals surface area contributed by atoms with Crippen LogP contribution in [0.4, 0.5) is 0 Å². The van der Waals surface area contributed by atoms with Gasteiger partial charge in [-0.1, -0.05) is 6.92 Å². The molecule has 0 aromatic rings. The average molecular weight is 262 g/mol. The lowest BCUT2D eigenvalue weighted by Crippen LogP contribution is -2.45. The highest BCUT2D eigenvalue weighted by atomic mass is 32.1. The van der Waals surface area contributed by atoms with Gasteiger partial charge in [-0.25, -0.2) is 4.79 Å². The van der Waals surface area contributed by atoms with E-state index in [9.17, 15) is 14.4 Å². The van der Waals surface area contributed by atoms with Crippen molar-refractivity contribution in [3.63, 3.8) is 0 Å². The summed E-state index contributed by atoms with van der Waals surface area (Å²) >= 11 is 3.96. The summed E-state index contributed by atoms with van der Waals surface area (Å²) in [7, 11) is 1.25. The average Bonchev–Trinajstić information content (AvgIpc) is 2.34. The minimum Gasteiger partial charge on any atom is -0.467 e. The zero-order chi connectivity index (χ0) is 13.3. The van der Waals surface area contributed by atoms with E-state index in [4.69, 9.17) is 0 Å². The van der Waals surface area contributed by atoms with Gasteiger partial charge in [0, 0.05) is 18.2 Å². The van der Waals surface area contributed by atoms with Crippen LogP contribution in [0.3, 0.4) is 0 Å². The summed E-state index contributed by atoms with van der Waals surface area (Å²) in [6.45, 7) is 2.14. The van der Waals surface area contributed by atoms with E-state index < -0.39 is 12.0 Å². The highest BCUT2D eigenvalue weighted by Crippen LogP contribution is 2.02. The molecule has 0 aliphatic rings. The van der Waals surface area contributed by atoms with E-state index in [1.165, 1.54) is 7.11 Å². The van der Waals surface area contributed by atoms with E-state index in [0.29, 0.717) is 19.4 Å². The minimum atomic E-state index is -0.739. The maximum atomic E-state index is 11.7. The van der Waals surface area contributed by atoms with Gasteiger partial charge in [0.25, 0.3) is 0 Å². The normalized spacial score (nSPS) is 13.4. The van der Waals surface area contributed by atoms with Crippen LogP contribution in [-0.2, 0) is 19.1 Å². The molecule has 2 N–H and O–H groups in total. The van der Waals surface area contributed by atoms with Gasteiger partial charge < -0.3 is 15.4 Å². The van der Waals surface area contributed by atoms with Gasteiger partial charge in [-0.05, 0) is 6.42 Å². The number of methoxy groups -OCH3 is 1. The molecule has 0 heterocycles. The number of carbonyl (C=O) groups is 3. The van der Waals surface area contributed by atoms with E-state index in [1.807, 2.05) is 0 Å². The summed E-state index contributed by atoms with van der Waals surface area (Å²) in [5.74, 6) is -0.902. The molecule has 0 spiro atoms. The van der Waals surface area contributed by atoms with E-state index in [2.05, 4.69) is 28.0 Å². The van der Waals surface area contributed by atoms with Crippen LogP contribution in [0.5, 0.6) is 0 Å². The fourth-order valence-electron chi connectivity index (χ4n) is 1.13. The zero-order valence-corrected chi connectivity index (χ0v) is 10.8. The van der Waals surface area contributed by atoms with Gasteiger partial charge in [0.2, 0.25) is 12.3 Å². The molecule has 0 saturated heterocycles. The Bertz CT molecular complexity index is 273. The molecule has 6 nitrogen and oxygen atoms in total. The number of carbonyl (C=O) groups excluding carboxylic acids is 3. The third kappa shape index (κ3) is 6.15. The summed E-state index contributed by atoms with van der Waals surface area (Å²) in [6, 6.07) is -0.739. The number of nitrogens with one attached hydrogen (secondary N) is 2. The molecule has 0 fully saturated rings. The Morgan fingerprint density at radius 3 is 2.59 bits per heavy atom. The van der Waals surface area contributed by atoms with Crippen molar-refractivity contribution in [2.75, 3.05) is 19.4 Å². The number of rotatable bonds is 8. The molecule has 0 aliphatic carbocycles. The second kappa shape index (κ2) is 8.86. The first-order valence-corrected chi connectivity index (χ1v) is 5.86. The molecule has 0 aromatic carbocycles. The number of hydrogen-bond donors (Lipinski definition) is 3. The molecule has 0 saturated carbocycles. The van der Waals surface area contributed by atoms with Crippen LogP contribution in [-0.4, -0.2) is 43.7 Å². The van der Waals surface area contributed by atoms with Crippen molar-refractivity contribution in [1.29, 1.82) is 0 Å². The highest BCUT2D eigenvalue weighted by molar-refractivity contribution is 7.80. The molecule has 0 aromatic heterocycles. The fourth-order valence-corrected chi connectivity index (χ4v) is 1.37. The lowest BCUT2D eigenvalue weighted by atomic mass is 10.1. The summed E-state index contributed by atoms with van der Waals surface area (Å²) in [5.41, 5.74) is 0. The Balaban J connectivity index is 4.12. The first-order valence-electron chi connectivity index (χ1n) is 5.22. The summed E-state index contributed by atoms with van der Waals surface area (Å²) in [5, 5.41) is 5.01. The molecule has 2 amide bonds. The van der Waals surface area contributed by atoms with Gasteiger partial charge in [0.1, 0.15) is 6.04 Å². The number of amides is 2. The van der Waals surface area contributed by atoms with Crippen LogP contribution >= 0.6 is 12.6 Å². The molecule has 0 unspecified atom stereocenters. The Morgan fingerprint density at radius 1 is 1.47 bits per heavy atom. The molecule has 2 atom stereocenters. The van der Waals surface area contributed by atoms with Crippen LogP contribution in [0.1, 0.15) is 13.3 Å². The largest absolute Gasteiger partial charge is 0.467 e. The third-order valence-corrected chi connectivity index (χ3v) is 2.60. The van der Waals surface area contributed by atoms with E-state index in [0.717, 1.165) is 0 Å². The van der Waals surface area contributed by atoms with E-state index >= 15 is 0 Å². The van der Waals surface area contributed by atoms with Gasteiger partial charge in [0.15, 0.2) is 0 Å². The van der Waals surface area contributed by atoms with Gasteiger partial charge in [-0.15, -0.1) is 0 Å². The Hall–Kier alpha value is -1.24. The maximum Gasteiger partial charge on any atom is 0.329 e. The number of esters is 1. The standard InChI is InChI=1S/C10H18N2O4S/c1-7(3-4-11-6-13)9(14)12-8(5-17)10(15)16-2/h6-8,17H,3-5H2,1-2H3,(H,11,13)(H,12,14)/t7-,8-/m0/s1. The van der Waals surface area contributed by atoms with Crippen LogP contribution in [0, 0.1) is 5.92 Å². The molecule has 17 heavy (non-hydrogen) atoms. The van der Waals surface area contributed by atoms with Crippen LogP contribution in [0.2, 0.25) is 0 Å². The third-order valence-electron chi connectivity index (χ3n) is 2.24. The molecular formula is C10H18N2O4S. The molecule has 0 radical (unpaired) electrons. The van der Waals surface area contributed by atoms with Crippen molar-refractivity contribution < 1.29 is 19.1 Å². The van der Waals surface area contributed by atoms with Crippen LogP contribution in [0.25, 0.3) is 0 Å². The van der Waals surface area contributed by atoms with Gasteiger partial charge in [0.05, 0.1) is 7.11 Å². The summed E-state index contributed by atoms with van der Waals surface area (Å²) in [4.78, 5) is 32.9. The SMILES string of the molecule is COC(=O)[C@H](CS)NC(=O)[C@@H](C)CCNC=O. The number of ether oxygens (including phenoxy) is 1. The van der Waals surface area contributed by atoms with Gasteiger partial charge in [-0.3, -0.25) is 9.59 Å². The molecule has 7 heteroatoms. The van der Waals surface area contributed by atoms with Gasteiger partial charge in [-0.2, -0.15) is 12.6 Å². The maximum absolute atomic E-state index is 11.7. The quantitative estimate of drug-likeness (QED) is 0.235. The summed E-state index contributed by atoms with van der Waals surface area (Å²) < 4.78 is 4.52. The topological polar surface area (TPSA) is 84.5 Å². The minimum absolute atomic E-state index is 0.178. The number of thiol groups is 1. The Labute approximate surface area is 106 Å². The predicted octanol–water partition coefficient (Wildman–Crippen LogP) is -0.654. The lowest BCUT2D eigenvalue weighted by molar-refractivity contribution is -0.144. The van der Waals surface area contributed by atoms with Crippen molar-refractivity contribution in [2.24, 2.45) is 5.92 Å². The Morgan fingerprint density at radius 2 is 2.12 bits per heavy atom. The Kier molecular flexibility index (Phi) is 8.21. The van der Waals surface area contributed by atoms with Crippen LogP contribution in [0.15, 0.2) is 0 Å². The highest BCUT2D eigenvalue weighted by Gasteiger charge is 2.22. The van der Waals surface area contributed by atoms with Crippen LogP contribution < -0.4 is 10.6 Å². The van der Waals surface area contributed by atoms with Gasteiger partial charge >= 0.3 is 5.97 Å². The van der Waals surface area contributed by atoms with E-state index in [-0.39, 0.29) is 17.6 Å². The second-order valence-electron chi connectivity index (χ2n) is 3.53. The monoisotopic (exact) mass is 262 g/mol. The lowest BCUT2D eigenvalue weighted by Gasteiger charge is -2.17. The van der Waals surface area contributed by atoms with Crippen molar-refractivity contribution in [1.82, 2.24) is 10.6 Å². The molecule has 0 bridgehead atoms. The summed E-state index contributed by atoms with van der Waals surface area (Å²) in [6.07, 6.45) is 1.08. The molecular weight excluding hydrogens is 244 g/mol. The predicted molar refractivity (Wildman–Crippen MR) is 65.6 cm³/mol. The second-order valence-corrected chi connectivity index (χ2v) is 3.89. The van der Waals surface area contributed by atoms with Crippen molar-refractivity contribution >= 4 is 30.9 Å². The fraction of sp³-hybridized carbons (Fsp3) is 0.700. The number of hydrogen-bond acceptors (Lipinski definition) is 5. The smallest absolute Gasteiger partial charge is 0.329 e. The van der Waals surface area contributed by atoms with E-state index in [1.54, 1.807) is 6.92 Å². The molecule has 98 valence electrons. The first kappa shape index (κ1) is 15.8. The van der Waals surface area contributed by atoms with Crippen molar-refractivity contribution in [2.45, 2.75) is 19.4 Å². The zero-order valence-electron chi connectivity index (χ0n) is 9.93. The van der Waals surface area contributed by atoms with Crippen molar-refractivity contribution in [3.05, 3.63) is 0 Å². The molecule has 0 rings (SSSR count).